The molecule has 0 aliphatic heterocycles. The molecule has 0 atom stereocenters. The average molecular weight is 372 g/mol. The van der Waals surface area contributed by atoms with Crippen LogP contribution < -0.4 is 10.6 Å². The van der Waals surface area contributed by atoms with Gasteiger partial charge in [0.1, 0.15) is 0 Å². The van der Waals surface area contributed by atoms with E-state index >= 15 is 0 Å². The van der Waals surface area contributed by atoms with Crippen LogP contribution in [0.4, 0.5) is 24.8 Å². The summed E-state index contributed by atoms with van der Waals surface area (Å²) < 4.78 is 39.8. The molecular formula is C19H15F3N4O. The maximum absolute atomic E-state index is 13.6. The van der Waals surface area contributed by atoms with Crippen LogP contribution in [0.1, 0.15) is 21.5 Å². The smallest absolute Gasteiger partial charge is 0.254 e. The molecule has 0 aliphatic rings. The molecule has 0 saturated carbocycles. The summed E-state index contributed by atoms with van der Waals surface area (Å²) in [5.74, 6) is -4.69. The molecule has 5 nitrogen and oxygen atoms in total. The van der Waals surface area contributed by atoms with Crippen LogP contribution in [-0.4, -0.2) is 15.9 Å². The molecule has 1 amide bonds. The van der Waals surface area contributed by atoms with Gasteiger partial charge in [0.25, 0.3) is 5.91 Å². The number of anilines is 2. The fraction of sp³-hybridized carbons (Fsp3) is 0.105. The van der Waals surface area contributed by atoms with E-state index in [0.717, 1.165) is 23.3 Å². The Labute approximate surface area is 153 Å². The second-order valence-corrected chi connectivity index (χ2v) is 5.81. The van der Waals surface area contributed by atoms with Gasteiger partial charge in [-0.05, 0) is 24.6 Å². The first-order valence-electron chi connectivity index (χ1n) is 8.00. The van der Waals surface area contributed by atoms with Crippen LogP contribution in [0.5, 0.6) is 0 Å². The molecule has 0 saturated heterocycles. The van der Waals surface area contributed by atoms with E-state index in [1.165, 1.54) is 12.4 Å². The molecular weight excluding hydrogens is 357 g/mol. The Bertz CT molecular complexity index is 960. The number of hydrogen-bond donors (Lipinski definition) is 2. The second kappa shape index (κ2) is 7.86. The minimum absolute atomic E-state index is 0.0602. The fourth-order valence-electron chi connectivity index (χ4n) is 2.24. The summed E-state index contributed by atoms with van der Waals surface area (Å²) in [6.45, 7) is 2.32. The number of carbonyl (C=O) groups is 1. The van der Waals surface area contributed by atoms with Crippen molar-refractivity contribution in [2.24, 2.45) is 0 Å². The lowest BCUT2D eigenvalue weighted by molar-refractivity contribution is 0.0950. The lowest BCUT2D eigenvalue weighted by Gasteiger charge is -2.08. The summed E-state index contributed by atoms with van der Waals surface area (Å²) in [4.78, 5) is 19.9. The minimum Gasteiger partial charge on any atom is -0.348 e. The van der Waals surface area contributed by atoms with Crippen molar-refractivity contribution in [3.8, 4) is 0 Å². The highest BCUT2D eigenvalue weighted by atomic mass is 19.2. The molecule has 27 heavy (non-hydrogen) atoms. The van der Waals surface area contributed by atoms with Gasteiger partial charge in [0.2, 0.25) is 5.95 Å². The van der Waals surface area contributed by atoms with E-state index in [9.17, 15) is 18.0 Å². The summed E-state index contributed by atoms with van der Waals surface area (Å²) in [5, 5.41) is 5.17. The normalized spacial score (nSPS) is 10.5. The van der Waals surface area contributed by atoms with E-state index < -0.39 is 17.5 Å². The Kier molecular flexibility index (Phi) is 5.35. The Morgan fingerprint density at radius 1 is 0.963 bits per heavy atom. The van der Waals surface area contributed by atoms with Gasteiger partial charge in [0.15, 0.2) is 17.5 Å². The number of aryl methyl sites for hydroxylation is 1. The largest absolute Gasteiger partial charge is 0.348 e. The van der Waals surface area contributed by atoms with E-state index in [2.05, 4.69) is 20.6 Å². The molecule has 1 heterocycles. The van der Waals surface area contributed by atoms with Crippen LogP contribution in [0.3, 0.4) is 0 Å². The molecule has 0 spiro atoms. The van der Waals surface area contributed by atoms with E-state index in [0.29, 0.717) is 6.54 Å². The zero-order valence-corrected chi connectivity index (χ0v) is 14.3. The summed E-state index contributed by atoms with van der Waals surface area (Å²) in [6, 6.07) is 9.53. The molecule has 0 unspecified atom stereocenters. The monoisotopic (exact) mass is 372 g/mol. The molecule has 0 radical (unpaired) electrons. The van der Waals surface area contributed by atoms with E-state index in [4.69, 9.17) is 0 Å². The lowest BCUT2D eigenvalue weighted by Crippen LogP contribution is -2.23. The predicted molar refractivity (Wildman–Crippen MR) is 94.0 cm³/mol. The van der Waals surface area contributed by atoms with Gasteiger partial charge in [-0.2, -0.15) is 0 Å². The topological polar surface area (TPSA) is 66.9 Å². The first kappa shape index (κ1) is 18.4. The Morgan fingerprint density at radius 3 is 2.30 bits per heavy atom. The highest BCUT2D eigenvalue weighted by molar-refractivity contribution is 5.93. The van der Waals surface area contributed by atoms with Crippen LogP contribution in [-0.2, 0) is 6.54 Å². The molecule has 1 aromatic heterocycles. The Hall–Kier alpha value is -3.42. The molecule has 2 N–H and O–H groups in total. The SMILES string of the molecule is Cc1ccc(CNC(=O)c2cnc(Nc3ccc(F)c(F)c3F)nc2)cc1. The van der Waals surface area contributed by atoms with Crippen LogP contribution in [0.25, 0.3) is 0 Å². The maximum atomic E-state index is 13.6. The van der Waals surface area contributed by atoms with Gasteiger partial charge in [0.05, 0.1) is 11.3 Å². The highest BCUT2D eigenvalue weighted by Gasteiger charge is 2.14. The van der Waals surface area contributed by atoms with E-state index in [1.54, 1.807) is 0 Å². The number of hydrogen-bond acceptors (Lipinski definition) is 4. The third-order valence-electron chi connectivity index (χ3n) is 3.77. The van der Waals surface area contributed by atoms with Gasteiger partial charge in [-0.3, -0.25) is 4.79 Å². The molecule has 0 fully saturated rings. The van der Waals surface area contributed by atoms with E-state index in [1.807, 2.05) is 31.2 Å². The molecule has 2 aromatic carbocycles. The van der Waals surface area contributed by atoms with Crippen molar-refractivity contribution >= 4 is 17.5 Å². The molecule has 3 aromatic rings. The van der Waals surface area contributed by atoms with Crippen molar-refractivity contribution < 1.29 is 18.0 Å². The summed E-state index contributed by atoms with van der Waals surface area (Å²) in [5.41, 5.74) is 1.96. The molecule has 0 bridgehead atoms. The fourth-order valence-corrected chi connectivity index (χ4v) is 2.24. The number of benzene rings is 2. The summed E-state index contributed by atoms with van der Waals surface area (Å²) in [7, 11) is 0. The zero-order valence-electron chi connectivity index (χ0n) is 14.3. The Balaban J connectivity index is 1.63. The van der Waals surface area contributed by atoms with Crippen LogP contribution in [0.15, 0.2) is 48.8 Å². The van der Waals surface area contributed by atoms with Gasteiger partial charge < -0.3 is 10.6 Å². The molecule has 138 valence electrons. The zero-order chi connectivity index (χ0) is 19.4. The number of nitrogens with one attached hydrogen (secondary N) is 2. The standard InChI is InChI=1S/C19H15F3N4O/c1-11-2-4-12(5-3-11)8-23-18(27)13-9-24-19(25-10-13)26-15-7-6-14(20)16(21)17(15)22/h2-7,9-10H,8H2,1H3,(H,23,27)(H,24,25,26). The average Bonchev–Trinajstić information content (AvgIpc) is 2.68. The van der Waals surface area contributed by atoms with Crippen molar-refractivity contribution in [1.82, 2.24) is 15.3 Å². The van der Waals surface area contributed by atoms with Crippen molar-refractivity contribution in [2.75, 3.05) is 5.32 Å². The van der Waals surface area contributed by atoms with Gasteiger partial charge in [0, 0.05) is 18.9 Å². The minimum atomic E-state index is -1.59. The predicted octanol–water partition coefficient (Wildman–Crippen LogP) is 3.88. The summed E-state index contributed by atoms with van der Waals surface area (Å²) >= 11 is 0. The number of nitrogens with zero attached hydrogens (tertiary/aromatic N) is 2. The van der Waals surface area contributed by atoms with Gasteiger partial charge in [-0.25, -0.2) is 23.1 Å². The van der Waals surface area contributed by atoms with Crippen molar-refractivity contribution in [1.29, 1.82) is 0 Å². The molecule has 0 aliphatic carbocycles. The van der Waals surface area contributed by atoms with E-state index in [-0.39, 0.29) is 23.1 Å². The highest BCUT2D eigenvalue weighted by Crippen LogP contribution is 2.21. The van der Waals surface area contributed by atoms with Gasteiger partial charge >= 0.3 is 0 Å². The van der Waals surface area contributed by atoms with Crippen LogP contribution in [0, 0.1) is 24.4 Å². The lowest BCUT2D eigenvalue weighted by atomic mass is 10.1. The van der Waals surface area contributed by atoms with Gasteiger partial charge in [-0.15, -0.1) is 0 Å². The number of amides is 1. The first-order valence-corrected chi connectivity index (χ1v) is 8.00. The number of aromatic nitrogens is 2. The Morgan fingerprint density at radius 2 is 1.63 bits per heavy atom. The van der Waals surface area contributed by atoms with Gasteiger partial charge in [-0.1, -0.05) is 29.8 Å². The number of carbonyl (C=O) groups excluding carboxylic acids is 1. The summed E-state index contributed by atoms with van der Waals surface area (Å²) in [6.07, 6.45) is 2.50. The van der Waals surface area contributed by atoms with Crippen molar-refractivity contribution in [3.05, 3.63) is 82.9 Å². The number of halogens is 3. The quantitative estimate of drug-likeness (QED) is 0.667. The number of rotatable bonds is 5. The van der Waals surface area contributed by atoms with Crippen molar-refractivity contribution in [2.45, 2.75) is 13.5 Å². The maximum Gasteiger partial charge on any atom is 0.254 e. The second-order valence-electron chi connectivity index (χ2n) is 5.81. The first-order chi connectivity index (χ1) is 12.9. The molecule has 8 heteroatoms. The van der Waals surface area contributed by atoms with Crippen molar-refractivity contribution in [3.63, 3.8) is 0 Å². The molecule has 3 rings (SSSR count). The third kappa shape index (κ3) is 4.41. The van der Waals surface area contributed by atoms with Crippen LogP contribution >= 0.6 is 0 Å². The van der Waals surface area contributed by atoms with Crippen LogP contribution in [0.2, 0.25) is 0 Å². The third-order valence-corrected chi connectivity index (χ3v) is 3.77.